The maximum atomic E-state index is 11.4. The van der Waals surface area contributed by atoms with Crippen LogP contribution in [0.5, 0.6) is 0 Å². The Morgan fingerprint density at radius 2 is 2.06 bits per heavy atom. The summed E-state index contributed by atoms with van der Waals surface area (Å²) in [7, 11) is 0. The van der Waals surface area contributed by atoms with Crippen LogP contribution in [-0.4, -0.2) is 23.9 Å². The minimum Gasteiger partial charge on any atom is -0.351 e. The third-order valence-corrected chi connectivity index (χ3v) is 2.75. The summed E-state index contributed by atoms with van der Waals surface area (Å²) in [5.41, 5.74) is 4.75. The monoisotopic (exact) mass is 245 g/mol. The van der Waals surface area contributed by atoms with Crippen molar-refractivity contribution in [1.29, 1.82) is 0 Å². The van der Waals surface area contributed by atoms with Crippen LogP contribution in [0.1, 0.15) is 30.1 Å². The molecule has 0 unspecified atom stereocenters. The third-order valence-electron chi connectivity index (χ3n) is 2.75. The van der Waals surface area contributed by atoms with E-state index in [-0.39, 0.29) is 11.7 Å². The molecule has 1 amide bonds. The van der Waals surface area contributed by atoms with Gasteiger partial charge in [-0.05, 0) is 44.0 Å². The fourth-order valence-electron chi connectivity index (χ4n) is 1.69. The second-order valence-corrected chi connectivity index (χ2v) is 4.16. The number of Topliss-reactive ketones (excluding diaryl/α,β-unsaturated/α-hetero) is 1. The maximum absolute atomic E-state index is 11.4. The number of hydrazone groups is 1. The van der Waals surface area contributed by atoms with Crippen LogP contribution in [0.3, 0.4) is 0 Å². The molecule has 0 bridgehead atoms. The van der Waals surface area contributed by atoms with E-state index in [0.717, 1.165) is 12.1 Å². The molecule has 18 heavy (non-hydrogen) atoms. The zero-order valence-corrected chi connectivity index (χ0v) is 10.2. The van der Waals surface area contributed by atoms with Crippen molar-refractivity contribution in [3.05, 3.63) is 29.8 Å². The topological polar surface area (TPSA) is 70.6 Å². The number of hydrogen-bond donors (Lipinski definition) is 2. The highest BCUT2D eigenvalue weighted by Gasteiger charge is 2.15. The van der Waals surface area contributed by atoms with Gasteiger partial charge in [-0.3, -0.25) is 15.0 Å². The molecule has 1 saturated heterocycles. The number of rotatable bonds is 3. The largest absolute Gasteiger partial charge is 0.351 e. The van der Waals surface area contributed by atoms with Gasteiger partial charge in [-0.25, -0.2) is 0 Å². The second-order valence-electron chi connectivity index (χ2n) is 4.16. The van der Waals surface area contributed by atoms with Crippen LogP contribution in [0.25, 0.3) is 0 Å². The normalized spacial score (nSPS) is 17.4. The number of hydrogen-bond acceptors (Lipinski definition) is 4. The Labute approximate surface area is 105 Å². The van der Waals surface area contributed by atoms with Gasteiger partial charge in [0.05, 0.1) is 5.69 Å². The highest BCUT2D eigenvalue weighted by atomic mass is 16.2. The lowest BCUT2D eigenvalue weighted by molar-refractivity contribution is -0.115. The molecule has 0 radical (unpaired) electrons. The number of carbonyl (C=O) groups excluding carboxylic acids is 2. The number of anilines is 1. The molecule has 1 aromatic carbocycles. The quantitative estimate of drug-likeness (QED) is 0.627. The van der Waals surface area contributed by atoms with Crippen LogP contribution in [0.15, 0.2) is 29.4 Å². The van der Waals surface area contributed by atoms with E-state index in [1.165, 1.54) is 6.92 Å². The summed E-state index contributed by atoms with van der Waals surface area (Å²) in [4.78, 5) is 22.5. The minimum absolute atomic E-state index is 0.0273. The molecule has 0 spiro atoms. The van der Waals surface area contributed by atoms with Crippen LogP contribution in [0.2, 0.25) is 0 Å². The molecule has 2 rings (SSSR count). The first-order valence-corrected chi connectivity index (χ1v) is 5.88. The highest BCUT2D eigenvalue weighted by Crippen LogP contribution is 2.10. The van der Waals surface area contributed by atoms with Crippen LogP contribution in [-0.2, 0) is 4.79 Å². The predicted molar refractivity (Wildman–Crippen MR) is 69.7 cm³/mol. The van der Waals surface area contributed by atoms with Gasteiger partial charge in [0.2, 0.25) is 0 Å². The number of carbonyl (C=O) groups is 2. The van der Waals surface area contributed by atoms with E-state index in [1.807, 2.05) is 0 Å². The SMILES string of the molecule is CC(=O)c1ccc(N/N=C2/CCCNC2=O)cc1. The maximum Gasteiger partial charge on any atom is 0.267 e. The van der Waals surface area contributed by atoms with Crippen molar-refractivity contribution in [2.75, 3.05) is 12.0 Å². The van der Waals surface area contributed by atoms with Gasteiger partial charge < -0.3 is 5.32 Å². The van der Waals surface area contributed by atoms with Crippen molar-refractivity contribution in [1.82, 2.24) is 5.32 Å². The molecule has 5 nitrogen and oxygen atoms in total. The van der Waals surface area contributed by atoms with Crippen molar-refractivity contribution in [3.63, 3.8) is 0 Å². The highest BCUT2D eigenvalue weighted by molar-refractivity contribution is 6.39. The average molecular weight is 245 g/mol. The Balaban J connectivity index is 2.03. The molecule has 1 fully saturated rings. The summed E-state index contributed by atoms with van der Waals surface area (Å²) in [6.45, 7) is 2.24. The Bertz CT molecular complexity index is 491. The molecule has 1 aliphatic heterocycles. The number of amides is 1. The summed E-state index contributed by atoms with van der Waals surface area (Å²) in [5.74, 6) is -0.0892. The van der Waals surface area contributed by atoms with Crippen LogP contribution in [0.4, 0.5) is 5.69 Å². The molecule has 1 aliphatic rings. The zero-order chi connectivity index (χ0) is 13.0. The van der Waals surface area contributed by atoms with E-state index in [2.05, 4.69) is 15.8 Å². The lowest BCUT2D eigenvalue weighted by atomic mass is 10.1. The Hall–Kier alpha value is -2.17. The third kappa shape index (κ3) is 2.94. The Morgan fingerprint density at radius 1 is 1.33 bits per heavy atom. The summed E-state index contributed by atoms with van der Waals surface area (Å²) < 4.78 is 0. The van der Waals surface area contributed by atoms with Gasteiger partial charge in [-0.15, -0.1) is 0 Å². The molecule has 2 N–H and O–H groups in total. The molecule has 0 aliphatic carbocycles. The van der Waals surface area contributed by atoms with Gasteiger partial charge in [0.1, 0.15) is 5.71 Å². The van der Waals surface area contributed by atoms with E-state index in [9.17, 15) is 9.59 Å². The summed E-state index contributed by atoms with van der Waals surface area (Å²) in [5, 5.41) is 6.82. The Morgan fingerprint density at radius 3 is 2.67 bits per heavy atom. The number of nitrogens with zero attached hydrogens (tertiary/aromatic N) is 1. The van der Waals surface area contributed by atoms with Gasteiger partial charge in [-0.1, -0.05) is 0 Å². The van der Waals surface area contributed by atoms with E-state index >= 15 is 0 Å². The van der Waals surface area contributed by atoms with Gasteiger partial charge in [0, 0.05) is 12.1 Å². The fourth-order valence-corrected chi connectivity index (χ4v) is 1.69. The lowest BCUT2D eigenvalue weighted by Gasteiger charge is -2.13. The molecule has 0 saturated carbocycles. The first-order chi connectivity index (χ1) is 8.66. The number of piperidine rings is 1. The summed E-state index contributed by atoms with van der Waals surface area (Å²) in [6.07, 6.45) is 1.60. The van der Waals surface area contributed by atoms with Crippen LogP contribution >= 0.6 is 0 Å². The number of benzene rings is 1. The van der Waals surface area contributed by atoms with Crippen LogP contribution in [0, 0.1) is 0 Å². The van der Waals surface area contributed by atoms with E-state index in [0.29, 0.717) is 24.2 Å². The lowest BCUT2D eigenvalue weighted by Crippen LogP contribution is -2.37. The predicted octanol–water partition coefficient (Wildman–Crippen LogP) is 1.57. The molecule has 0 atom stereocenters. The van der Waals surface area contributed by atoms with E-state index in [4.69, 9.17) is 0 Å². The van der Waals surface area contributed by atoms with E-state index in [1.54, 1.807) is 24.3 Å². The van der Waals surface area contributed by atoms with Crippen LogP contribution < -0.4 is 10.7 Å². The Kier molecular flexibility index (Phi) is 3.72. The average Bonchev–Trinajstić information content (AvgIpc) is 2.38. The standard InChI is InChI=1S/C13H15N3O2/c1-9(17)10-4-6-11(7-5-10)15-16-12-3-2-8-14-13(12)18/h4-7,15H,2-3,8H2,1H3,(H,14,18)/b16-12-. The van der Waals surface area contributed by atoms with Gasteiger partial charge >= 0.3 is 0 Å². The van der Waals surface area contributed by atoms with Gasteiger partial charge in [-0.2, -0.15) is 5.10 Å². The fraction of sp³-hybridized carbons (Fsp3) is 0.308. The number of nitrogens with one attached hydrogen (secondary N) is 2. The first-order valence-electron chi connectivity index (χ1n) is 5.88. The van der Waals surface area contributed by atoms with Crippen molar-refractivity contribution >= 4 is 23.1 Å². The molecule has 94 valence electrons. The second kappa shape index (κ2) is 5.44. The molecule has 1 heterocycles. The molecule has 1 aromatic rings. The molecular formula is C13H15N3O2. The van der Waals surface area contributed by atoms with Crippen molar-refractivity contribution in [2.45, 2.75) is 19.8 Å². The van der Waals surface area contributed by atoms with Gasteiger partial charge in [0.15, 0.2) is 5.78 Å². The summed E-state index contributed by atoms with van der Waals surface area (Å²) in [6, 6.07) is 6.99. The van der Waals surface area contributed by atoms with Gasteiger partial charge in [0.25, 0.3) is 5.91 Å². The molecular weight excluding hydrogens is 230 g/mol. The van der Waals surface area contributed by atoms with Crippen molar-refractivity contribution in [3.8, 4) is 0 Å². The zero-order valence-electron chi connectivity index (χ0n) is 10.2. The van der Waals surface area contributed by atoms with Crippen molar-refractivity contribution < 1.29 is 9.59 Å². The first kappa shape index (κ1) is 12.3. The van der Waals surface area contributed by atoms with Crippen molar-refractivity contribution in [2.24, 2.45) is 5.10 Å². The number of ketones is 1. The smallest absolute Gasteiger partial charge is 0.267 e. The molecule has 0 aromatic heterocycles. The minimum atomic E-state index is -0.117. The van der Waals surface area contributed by atoms with E-state index < -0.39 is 0 Å². The molecule has 5 heteroatoms. The summed E-state index contributed by atoms with van der Waals surface area (Å²) >= 11 is 0.